The van der Waals surface area contributed by atoms with Crippen LogP contribution in [0.3, 0.4) is 0 Å². The molecule has 0 unspecified atom stereocenters. The fourth-order valence-electron chi connectivity index (χ4n) is 1.63. The van der Waals surface area contributed by atoms with E-state index in [9.17, 15) is 9.59 Å². The number of carbonyl (C=O) groups excluding carboxylic acids is 2. The van der Waals surface area contributed by atoms with Crippen LogP contribution < -0.4 is 10.6 Å². The molecule has 0 radical (unpaired) electrons. The van der Waals surface area contributed by atoms with Crippen LogP contribution >= 0.6 is 12.2 Å². The first-order valence-electron chi connectivity index (χ1n) is 6.21. The normalized spacial score (nSPS) is 15.6. The largest absolute Gasteiger partial charge is 0.457 e. The minimum Gasteiger partial charge on any atom is -0.457 e. The fraction of sp³-hybridized carbons (Fsp3) is 0.133. The van der Waals surface area contributed by atoms with E-state index in [0.717, 1.165) is 11.1 Å². The molecule has 21 heavy (non-hydrogen) atoms. The van der Waals surface area contributed by atoms with Crippen LogP contribution in [0.25, 0.3) is 6.08 Å². The zero-order valence-corrected chi connectivity index (χ0v) is 12.3. The van der Waals surface area contributed by atoms with Crippen LogP contribution in [0.2, 0.25) is 0 Å². The van der Waals surface area contributed by atoms with Crippen LogP contribution in [0, 0.1) is 0 Å². The van der Waals surface area contributed by atoms with E-state index in [4.69, 9.17) is 17.0 Å². The summed E-state index contributed by atoms with van der Waals surface area (Å²) in [5, 5.41) is 5.56. The molecule has 1 fully saturated rings. The lowest BCUT2D eigenvalue weighted by Gasteiger charge is -2.05. The van der Waals surface area contributed by atoms with E-state index < -0.39 is 5.97 Å². The molecule has 0 spiro atoms. The van der Waals surface area contributed by atoms with Crippen LogP contribution in [-0.4, -0.2) is 17.0 Å². The number of amides is 1. The number of nitrogens with one attached hydrogen (secondary N) is 2. The van der Waals surface area contributed by atoms with Gasteiger partial charge in [0, 0.05) is 5.57 Å². The first kappa shape index (κ1) is 14.9. The molecule has 5 nitrogen and oxygen atoms in total. The van der Waals surface area contributed by atoms with Crippen molar-refractivity contribution >= 4 is 35.3 Å². The molecule has 1 heterocycles. The number of ether oxygens (including phenoxy) is 1. The quantitative estimate of drug-likeness (QED) is 0.503. The van der Waals surface area contributed by atoms with Crippen molar-refractivity contribution in [2.45, 2.75) is 13.5 Å². The molecule has 1 aliphatic rings. The summed E-state index contributed by atoms with van der Waals surface area (Å²) in [4.78, 5) is 22.8. The van der Waals surface area contributed by atoms with Crippen molar-refractivity contribution in [3.63, 3.8) is 0 Å². The maximum absolute atomic E-state index is 11.5. The Hall–Kier alpha value is -2.47. The lowest BCUT2D eigenvalue weighted by molar-refractivity contribution is -0.140. The second-order valence-corrected chi connectivity index (χ2v) is 4.97. The highest BCUT2D eigenvalue weighted by Crippen LogP contribution is 2.11. The molecule has 0 bridgehead atoms. The molecule has 0 atom stereocenters. The molecule has 108 valence electrons. The van der Waals surface area contributed by atoms with Gasteiger partial charge in [-0.3, -0.25) is 10.1 Å². The summed E-state index contributed by atoms with van der Waals surface area (Å²) in [5.74, 6) is -0.666. The van der Waals surface area contributed by atoms with Crippen LogP contribution in [0.1, 0.15) is 18.1 Å². The summed E-state index contributed by atoms with van der Waals surface area (Å²) >= 11 is 4.85. The second-order valence-electron chi connectivity index (χ2n) is 4.56. The molecule has 2 rings (SSSR count). The van der Waals surface area contributed by atoms with Gasteiger partial charge in [0.05, 0.1) is 0 Å². The molecule has 1 aromatic carbocycles. The number of esters is 1. The highest BCUT2D eigenvalue weighted by Gasteiger charge is 2.19. The van der Waals surface area contributed by atoms with E-state index in [1.54, 1.807) is 13.0 Å². The Morgan fingerprint density at radius 3 is 2.52 bits per heavy atom. The fourth-order valence-corrected chi connectivity index (χ4v) is 1.83. The molecule has 0 saturated carbocycles. The maximum atomic E-state index is 11.5. The van der Waals surface area contributed by atoms with Gasteiger partial charge in [-0.1, -0.05) is 30.8 Å². The molecule has 6 heteroatoms. The first-order valence-corrected chi connectivity index (χ1v) is 6.62. The summed E-state index contributed by atoms with van der Waals surface area (Å²) in [7, 11) is 0. The van der Waals surface area contributed by atoms with Crippen molar-refractivity contribution in [2.75, 3.05) is 0 Å². The molecule has 0 aromatic heterocycles. The van der Waals surface area contributed by atoms with Gasteiger partial charge in [-0.15, -0.1) is 0 Å². The Balaban J connectivity index is 2.01. The predicted octanol–water partition coefficient (Wildman–Crippen LogP) is 1.65. The number of rotatable bonds is 4. The van der Waals surface area contributed by atoms with Crippen LogP contribution in [0.15, 0.2) is 42.1 Å². The average molecular weight is 302 g/mol. The van der Waals surface area contributed by atoms with E-state index in [1.165, 1.54) is 0 Å². The Kier molecular flexibility index (Phi) is 4.49. The Morgan fingerprint density at radius 1 is 1.33 bits per heavy atom. The molecule has 1 amide bonds. The minimum atomic E-state index is -0.415. The van der Waals surface area contributed by atoms with Crippen molar-refractivity contribution in [2.24, 2.45) is 0 Å². The maximum Gasteiger partial charge on any atom is 0.333 e. The molecule has 2 N–H and O–H groups in total. The smallest absolute Gasteiger partial charge is 0.333 e. The highest BCUT2D eigenvalue weighted by atomic mass is 32.1. The monoisotopic (exact) mass is 302 g/mol. The minimum absolute atomic E-state index is 0.186. The van der Waals surface area contributed by atoms with Gasteiger partial charge in [0.15, 0.2) is 5.11 Å². The van der Waals surface area contributed by atoms with Gasteiger partial charge in [-0.25, -0.2) is 4.79 Å². The third-order valence-electron chi connectivity index (χ3n) is 2.73. The van der Waals surface area contributed by atoms with Crippen molar-refractivity contribution in [3.8, 4) is 0 Å². The Bertz CT molecular complexity index is 647. The average Bonchev–Trinajstić information content (AvgIpc) is 2.75. The number of carbonyl (C=O) groups is 2. The lowest BCUT2D eigenvalue weighted by atomic mass is 10.1. The third kappa shape index (κ3) is 4.00. The second kappa shape index (κ2) is 6.32. The van der Waals surface area contributed by atoms with Gasteiger partial charge in [0.25, 0.3) is 5.91 Å². The predicted molar refractivity (Wildman–Crippen MR) is 82.9 cm³/mol. The van der Waals surface area contributed by atoms with Gasteiger partial charge < -0.3 is 10.1 Å². The molecular formula is C15H14N2O3S. The highest BCUT2D eigenvalue weighted by molar-refractivity contribution is 7.80. The Morgan fingerprint density at radius 2 is 2.00 bits per heavy atom. The zero-order valence-electron chi connectivity index (χ0n) is 11.4. The van der Waals surface area contributed by atoms with Gasteiger partial charge in [-0.05, 0) is 36.3 Å². The van der Waals surface area contributed by atoms with Gasteiger partial charge in [-0.2, -0.15) is 0 Å². The van der Waals surface area contributed by atoms with Crippen LogP contribution in [0.4, 0.5) is 0 Å². The molecule has 1 aromatic rings. The van der Waals surface area contributed by atoms with Crippen molar-refractivity contribution in [1.82, 2.24) is 10.6 Å². The standard InChI is InChI=1S/C15H14N2O3S/c1-9(2)14(19)20-8-11-5-3-10(4-6-11)7-12-13(18)17-15(21)16-12/h3-7H,1,8H2,2H3,(H2,16,17,18,21)/b12-7-. The van der Waals surface area contributed by atoms with Gasteiger partial charge >= 0.3 is 5.97 Å². The summed E-state index contributed by atoms with van der Waals surface area (Å²) in [5.41, 5.74) is 2.46. The van der Waals surface area contributed by atoms with Crippen LogP contribution in [-0.2, 0) is 20.9 Å². The SMILES string of the molecule is C=C(C)C(=O)OCc1ccc(/C=C2\NC(=S)NC2=O)cc1. The van der Waals surface area contributed by atoms with E-state index >= 15 is 0 Å². The van der Waals surface area contributed by atoms with Crippen molar-refractivity contribution in [1.29, 1.82) is 0 Å². The van der Waals surface area contributed by atoms with Crippen molar-refractivity contribution in [3.05, 3.63) is 53.2 Å². The van der Waals surface area contributed by atoms with Gasteiger partial charge in [0.2, 0.25) is 0 Å². The Labute approximate surface area is 127 Å². The molecular weight excluding hydrogens is 288 g/mol. The van der Waals surface area contributed by atoms with E-state index in [-0.39, 0.29) is 12.5 Å². The van der Waals surface area contributed by atoms with Crippen molar-refractivity contribution < 1.29 is 14.3 Å². The van der Waals surface area contributed by atoms with E-state index in [2.05, 4.69) is 17.2 Å². The number of benzene rings is 1. The summed E-state index contributed by atoms with van der Waals surface area (Å²) < 4.78 is 5.05. The number of hydrogen-bond donors (Lipinski definition) is 2. The summed E-state index contributed by atoms with van der Waals surface area (Å²) in [6.45, 7) is 5.30. The van der Waals surface area contributed by atoms with Gasteiger partial charge in [0.1, 0.15) is 12.3 Å². The summed E-state index contributed by atoms with van der Waals surface area (Å²) in [6, 6.07) is 7.30. The lowest BCUT2D eigenvalue weighted by Crippen LogP contribution is -2.21. The third-order valence-corrected chi connectivity index (χ3v) is 2.93. The molecule has 0 aliphatic carbocycles. The first-order chi connectivity index (χ1) is 9.95. The van der Waals surface area contributed by atoms with E-state index in [0.29, 0.717) is 16.4 Å². The topological polar surface area (TPSA) is 67.4 Å². The van der Waals surface area contributed by atoms with Crippen LogP contribution in [0.5, 0.6) is 0 Å². The summed E-state index contributed by atoms with van der Waals surface area (Å²) in [6.07, 6.45) is 1.69. The number of thiocarbonyl (C=S) groups is 1. The van der Waals surface area contributed by atoms with E-state index in [1.807, 2.05) is 24.3 Å². The molecule has 1 aliphatic heterocycles. The number of hydrogen-bond acceptors (Lipinski definition) is 4. The zero-order chi connectivity index (χ0) is 15.4. The molecule has 1 saturated heterocycles.